The molecule has 7 nitrogen and oxygen atoms in total. The summed E-state index contributed by atoms with van der Waals surface area (Å²) < 4.78 is 5.39. The minimum absolute atomic E-state index is 0.103. The summed E-state index contributed by atoms with van der Waals surface area (Å²) in [5.74, 6) is -1.30. The summed E-state index contributed by atoms with van der Waals surface area (Å²) in [5, 5.41) is 13.1. The standard InChI is InChI=1S/C29H29ClN2O5S/c1-4-12-37-29(36)26(31-16-20-8-6-5-7-9-20)27-32-25(28(34)35)22(17-38-27)11-10-21-14-23(15-24(30)33)19(3)13-18(21)2/h5-11,13-15,26-27,31H,3-4,12,16-17H2,1-2H3/p+1. The van der Waals surface area contributed by atoms with Crippen LogP contribution in [0.15, 0.2) is 59.1 Å². The van der Waals surface area contributed by atoms with Crippen LogP contribution in [0.3, 0.4) is 0 Å². The number of nitrogens with zero attached hydrogens (tertiary/aromatic N) is 1. The average Bonchev–Trinajstić information content (AvgIpc) is 2.89. The van der Waals surface area contributed by atoms with Crippen LogP contribution in [-0.4, -0.2) is 51.8 Å². The molecule has 0 amide bonds. The lowest BCUT2D eigenvalue weighted by Gasteiger charge is -2.26. The van der Waals surface area contributed by atoms with Crippen LogP contribution in [0, 0.1) is 13.3 Å². The molecule has 0 saturated heterocycles. The third-order valence-electron chi connectivity index (χ3n) is 5.79. The molecule has 0 spiro atoms. The van der Waals surface area contributed by atoms with Crippen LogP contribution in [0.5, 0.6) is 0 Å². The predicted molar refractivity (Wildman–Crippen MR) is 152 cm³/mol. The highest BCUT2D eigenvalue weighted by molar-refractivity contribution is 8.00. The maximum atomic E-state index is 12.9. The fourth-order valence-corrected chi connectivity index (χ4v) is 5.11. The van der Waals surface area contributed by atoms with Gasteiger partial charge in [-0.15, -0.1) is 11.8 Å². The highest BCUT2D eigenvalue weighted by Crippen LogP contribution is 2.28. The summed E-state index contributed by atoms with van der Waals surface area (Å²) in [5.41, 5.74) is 3.09. The Morgan fingerprint density at radius 2 is 2.05 bits per heavy atom. The molecular weight excluding hydrogens is 524 g/mol. The van der Waals surface area contributed by atoms with E-state index in [0.717, 1.165) is 16.7 Å². The maximum Gasteiger partial charge on any atom is 0.364 e. The first-order chi connectivity index (χ1) is 18.2. The van der Waals surface area contributed by atoms with Crippen molar-refractivity contribution in [1.82, 2.24) is 5.32 Å². The molecule has 0 fully saturated rings. The van der Waals surface area contributed by atoms with E-state index in [1.54, 1.807) is 18.6 Å². The quantitative estimate of drug-likeness (QED) is 0.250. The van der Waals surface area contributed by atoms with Crippen molar-refractivity contribution in [1.29, 1.82) is 0 Å². The summed E-state index contributed by atoms with van der Waals surface area (Å²) in [6.45, 7) is 8.42. The van der Waals surface area contributed by atoms with Crippen molar-refractivity contribution < 1.29 is 24.2 Å². The number of carboxylic acids is 1. The Kier molecular flexibility index (Phi) is 10.8. The lowest BCUT2D eigenvalue weighted by molar-refractivity contribution is -0.146. The molecule has 0 radical (unpaired) electrons. The van der Waals surface area contributed by atoms with Crippen LogP contribution in [0.25, 0.3) is 12.7 Å². The van der Waals surface area contributed by atoms with Crippen LogP contribution in [0.1, 0.15) is 30.0 Å². The lowest BCUT2D eigenvalue weighted by Crippen LogP contribution is -2.46. The number of benzene rings is 2. The highest BCUT2D eigenvalue weighted by Gasteiger charge is 2.36. The number of ether oxygens (including phenoxy) is 1. The van der Waals surface area contributed by atoms with E-state index in [1.807, 2.05) is 50.2 Å². The van der Waals surface area contributed by atoms with Gasteiger partial charge in [-0.3, -0.25) is 19.9 Å². The first kappa shape index (κ1) is 29.2. The molecule has 2 aromatic carbocycles. The van der Waals surface area contributed by atoms with Crippen molar-refractivity contribution in [3.05, 3.63) is 87.7 Å². The van der Waals surface area contributed by atoms with Crippen molar-refractivity contribution in [2.24, 2.45) is 4.99 Å². The normalized spacial score (nSPS) is 17.6. The Labute approximate surface area is 231 Å². The Hall–Kier alpha value is -3.33. The van der Waals surface area contributed by atoms with E-state index in [2.05, 4.69) is 16.9 Å². The topological polar surface area (TPSA) is 105 Å². The molecule has 2 N–H and O–H groups in total. The first-order valence-corrected chi connectivity index (χ1v) is 13.5. The summed E-state index contributed by atoms with van der Waals surface area (Å²) in [6.07, 6.45) is 5.45. The summed E-state index contributed by atoms with van der Waals surface area (Å²) in [4.78, 5) is 40.8. The average molecular weight is 554 g/mol. The van der Waals surface area contributed by atoms with Gasteiger partial charge in [0.25, 0.3) is 0 Å². The summed E-state index contributed by atoms with van der Waals surface area (Å²) in [7, 11) is 0. The number of carbonyl (C=O) groups excluding carboxylic acids is 2. The van der Waals surface area contributed by atoms with Crippen molar-refractivity contribution >= 4 is 58.9 Å². The largest absolute Gasteiger partial charge is 0.476 e. The molecule has 1 aliphatic heterocycles. The van der Waals surface area contributed by atoms with Crippen LogP contribution in [0.2, 0.25) is 0 Å². The third kappa shape index (κ3) is 8.08. The SMILES string of the molecule is C=c1cc(C)c([CH+]C=C2CSC(C(NCc3ccccc3)C(=O)OCCC)N=C2C(=O)O)cc1=CC(=O)Cl. The van der Waals surface area contributed by atoms with Crippen LogP contribution < -0.4 is 15.8 Å². The van der Waals surface area contributed by atoms with Crippen LogP contribution >= 0.6 is 23.4 Å². The number of esters is 1. The number of nitrogens with one attached hydrogen (secondary N) is 1. The zero-order chi connectivity index (χ0) is 27.7. The van der Waals surface area contributed by atoms with E-state index < -0.39 is 28.6 Å². The van der Waals surface area contributed by atoms with E-state index in [0.29, 0.717) is 34.7 Å². The summed E-state index contributed by atoms with van der Waals surface area (Å²) >= 11 is 6.88. The Bertz CT molecular complexity index is 1360. The smallest absolute Gasteiger partial charge is 0.364 e. The molecule has 0 aliphatic carbocycles. The monoisotopic (exact) mass is 553 g/mol. The molecule has 0 aromatic heterocycles. The van der Waals surface area contributed by atoms with E-state index in [9.17, 15) is 19.5 Å². The fourth-order valence-electron chi connectivity index (χ4n) is 3.83. The lowest BCUT2D eigenvalue weighted by atomic mass is 10.0. The van der Waals surface area contributed by atoms with E-state index in [4.69, 9.17) is 16.3 Å². The van der Waals surface area contributed by atoms with E-state index >= 15 is 0 Å². The number of halogens is 1. The fraction of sp³-hybridized carbons (Fsp3) is 0.276. The van der Waals surface area contributed by atoms with Gasteiger partial charge >= 0.3 is 11.9 Å². The summed E-state index contributed by atoms with van der Waals surface area (Å²) in [6, 6.07) is 12.4. The van der Waals surface area contributed by atoms with Crippen LogP contribution in [0.4, 0.5) is 0 Å². The van der Waals surface area contributed by atoms with Crippen molar-refractivity contribution in [3.8, 4) is 0 Å². The van der Waals surface area contributed by atoms with Gasteiger partial charge in [0.2, 0.25) is 5.24 Å². The van der Waals surface area contributed by atoms with Gasteiger partial charge in [0, 0.05) is 42.0 Å². The van der Waals surface area contributed by atoms with Gasteiger partial charge in [0.15, 0.2) is 5.71 Å². The molecule has 0 bridgehead atoms. The van der Waals surface area contributed by atoms with Crippen LogP contribution in [-0.2, 0) is 25.7 Å². The van der Waals surface area contributed by atoms with Crippen molar-refractivity contribution in [2.75, 3.05) is 12.4 Å². The number of hydrogen-bond acceptors (Lipinski definition) is 7. The van der Waals surface area contributed by atoms with Gasteiger partial charge < -0.3 is 9.84 Å². The number of aryl methyl sites for hydroxylation is 1. The highest BCUT2D eigenvalue weighted by atomic mass is 35.5. The number of carbonyl (C=O) groups is 3. The second-order valence-corrected chi connectivity index (χ2v) is 10.2. The molecule has 1 aliphatic rings. The number of thioether (sulfide) groups is 1. The number of aliphatic carboxylic acids is 1. The molecule has 38 heavy (non-hydrogen) atoms. The van der Waals surface area contributed by atoms with Gasteiger partial charge in [-0.05, 0) is 41.8 Å². The van der Waals surface area contributed by atoms with Crippen molar-refractivity contribution in [2.45, 2.75) is 38.2 Å². The van der Waals surface area contributed by atoms with Gasteiger partial charge in [-0.25, -0.2) is 4.79 Å². The minimum Gasteiger partial charge on any atom is -0.476 e. The Morgan fingerprint density at radius 3 is 2.71 bits per heavy atom. The molecule has 2 atom stereocenters. The first-order valence-electron chi connectivity index (χ1n) is 12.1. The number of rotatable bonds is 11. The molecule has 2 unspecified atom stereocenters. The van der Waals surface area contributed by atoms with Gasteiger partial charge in [0.1, 0.15) is 11.4 Å². The zero-order valence-electron chi connectivity index (χ0n) is 21.3. The number of allylic oxidation sites excluding steroid dienone is 1. The van der Waals surface area contributed by atoms with Crippen molar-refractivity contribution in [3.63, 3.8) is 0 Å². The Balaban J connectivity index is 1.87. The minimum atomic E-state index is -1.18. The molecule has 1 heterocycles. The van der Waals surface area contributed by atoms with Gasteiger partial charge in [-0.1, -0.05) is 43.8 Å². The zero-order valence-corrected chi connectivity index (χ0v) is 22.8. The molecule has 198 valence electrons. The molecular formula is C29H30ClN2O5S+. The third-order valence-corrected chi connectivity index (χ3v) is 7.10. The predicted octanol–water partition coefficient (Wildman–Crippen LogP) is 3.14. The van der Waals surface area contributed by atoms with E-state index in [1.165, 1.54) is 17.8 Å². The maximum absolute atomic E-state index is 12.9. The Morgan fingerprint density at radius 1 is 1.32 bits per heavy atom. The molecule has 3 rings (SSSR count). The van der Waals surface area contributed by atoms with Gasteiger partial charge in [0.05, 0.1) is 23.5 Å². The molecule has 0 saturated carbocycles. The van der Waals surface area contributed by atoms with E-state index in [-0.39, 0.29) is 12.3 Å². The second-order valence-electron chi connectivity index (χ2n) is 8.71. The number of aliphatic imine (C=N–C) groups is 1. The van der Waals surface area contributed by atoms with Gasteiger partial charge in [-0.2, -0.15) is 0 Å². The molecule has 2 aromatic rings. The number of hydrogen-bond donors (Lipinski definition) is 2. The second kappa shape index (κ2) is 14.0. The molecule has 9 heteroatoms. The number of carboxylic acid groups (broad SMARTS) is 1.